The number of carboxylic acids is 2. The number of nitrogens with zero attached hydrogens (tertiary/aromatic N) is 2. The molecule has 1 aliphatic carbocycles. The van der Waals surface area contributed by atoms with E-state index in [1.807, 2.05) is 6.92 Å². The van der Waals surface area contributed by atoms with Gasteiger partial charge in [-0.15, -0.1) is 11.3 Å². The Balaban J connectivity index is 2.25. The van der Waals surface area contributed by atoms with Gasteiger partial charge in [-0.2, -0.15) is 0 Å². The predicted molar refractivity (Wildman–Crippen MR) is 88.8 cm³/mol. The lowest BCUT2D eigenvalue weighted by atomic mass is 9.86. The van der Waals surface area contributed by atoms with Crippen molar-refractivity contribution in [2.75, 3.05) is 0 Å². The lowest BCUT2D eigenvalue weighted by Crippen LogP contribution is -2.27. The maximum absolute atomic E-state index is 13.0. The average Bonchev–Trinajstić information content (AvgIpc) is 2.91. The quantitative estimate of drug-likeness (QED) is 0.853. The van der Waals surface area contributed by atoms with E-state index in [4.69, 9.17) is 5.11 Å². The summed E-state index contributed by atoms with van der Waals surface area (Å²) in [6.07, 6.45) is 2.39. The van der Waals surface area contributed by atoms with Gasteiger partial charge in [0.25, 0.3) is 5.56 Å². The van der Waals surface area contributed by atoms with Gasteiger partial charge in [-0.25, -0.2) is 4.98 Å². The lowest BCUT2D eigenvalue weighted by molar-refractivity contribution is -0.139. The number of aromatic nitrogens is 2. The molecule has 0 bridgehead atoms. The minimum absolute atomic E-state index is 0.0443. The monoisotopic (exact) mass is 350 g/mol. The Morgan fingerprint density at radius 3 is 2.75 bits per heavy atom. The molecule has 0 fully saturated rings. The second-order valence-corrected chi connectivity index (χ2v) is 6.97. The largest absolute Gasteiger partial charge is 0.481 e. The summed E-state index contributed by atoms with van der Waals surface area (Å²) in [5.41, 5.74) is 0.279. The third kappa shape index (κ3) is 2.71. The second-order valence-electron chi connectivity index (χ2n) is 5.88. The molecule has 128 valence electrons. The van der Waals surface area contributed by atoms with E-state index in [9.17, 15) is 19.5 Å². The molecule has 1 atom stereocenters. The lowest BCUT2D eigenvalue weighted by Gasteiger charge is -2.19. The highest BCUT2D eigenvalue weighted by molar-refractivity contribution is 7.18. The van der Waals surface area contributed by atoms with E-state index in [1.54, 1.807) is 0 Å². The van der Waals surface area contributed by atoms with Crippen molar-refractivity contribution in [3.05, 3.63) is 26.6 Å². The molecule has 0 aromatic carbocycles. The van der Waals surface area contributed by atoms with E-state index >= 15 is 0 Å². The van der Waals surface area contributed by atoms with Crippen LogP contribution in [0.5, 0.6) is 0 Å². The van der Waals surface area contributed by atoms with Crippen LogP contribution in [-0.4, -0.2) is 31.7 Å². The molecule has 2 aromatic rings. The molecular formula is C16H18N2O5S. The van der Waals surface area contributed by atoms with Crippen molar-refractivity contribution in [2.24, 2.45) is 0 Å². The number of carboxylic acid groups (broad SMARTS) is 2. The van der Waals surface area contributed by atoms with Crippen LogP contribution in [0.3, 0.4) is 0 Å². The molecule has 3 rings (SSSR count). The van der Waals surface area contributed by atoms with Crippen molar-refractivity contribution < 1.29 is 19.8 Å². The van der Waals surface area contributed by atoms with Crippen molar-refractivity contribution >= 4 is 33.5 Å². The smallest absolute Gasteiger partial charge is 0.311 e. The minimum Gasteiger partial charge on any atom is -0.481 e. The number of fused-ring (bicyclic) bond motifs is 3. The molecule has 0 aliphatic heterocycles. The van der Waals surface area contributed by atoms with Crippen molar-refractivity contribution in [2.45, 2.75) is 51.5 Å². The Bertz CT molecular complexity index is 883. The number of thiophene rings is 1. The minimum atomic E-state index is -0.986. The molecule has 1 aliphatic rings. The molecule has 2 aromatic heterocycles. The molecule has 0 saturated heterocycles. The van der Waals surface area contributed by atoms with E-state index in [1.165, 1.54) is 15.9 Å². The van der Waals surface area contributed by atoms with E-state index in [2.05, 4.69) is 4.98 Å². The molecule has 2 N–H and O–H groups in total. The standard InChI is InChI=1S/C16H18N2O5S/c1-2-10-17-14-13(15(21)18(10)7-6-11(19)20)12-8(16(22)23)4-3-5-9(12)24-14/h8H,2-7H2,1H3,(H,19,20)(H,22,23). The van der Waals surface area contributed by atoms with Gasteiger partial charge < -0.3 is 10.2 Å². The topological polar surface area (TPSA) is 109 Å². The first-order valence-electron chi connectivity index (χ1n) is 7.93. The third-order valence-electron chi connectivity index (χ3n) is 4.41. The van der Waals surface area contributed by atoms with Gasteiger partial charge in [-0.1, -0.05) is 6.92 Å². The molecule has 0 saturated carbocycles. The van der Waals surface area contributed by atoms with Crippen molar-refractivity contribution in [3.8, 4) is 0 Å². The highest BCUT2D eigenvalue weighted by Crippen LogP contribution is 2.40. The van der Waals surface area contributed by atoms with Crippen LogP contribution in [0.2, 0.25) is 0 Å². The number of aliphatic carboxylic acids is 2. The van der Waals surface area contributed by atoms with Crippen LogP contribution in [0.25, 0.3) is 10.2 Å². The van der Waals surface area contributed by atoms with Crippen LogP contribution in [0.15, 0.2) is 4.79 Å². The molecule has 1 unspecified atom stereocenters. The fourth-order valence-electron chi connectivity index (χ4n) is 3.31. The van der Waals surface area contributed by atoms with Crippen LogP contribution in [0.1, 0.15) is 48.4 Å². The zero-order chi connectivity index (χ0) is 17.4. The van der Waals surface area contributed by atoms with E-state index in [-0.39, 0.29) is 18.5 Å². The summed E-state index contributed by atoms with van der Waals surface area (Å²) in [6, 6.07) is 0. The van der Waals surface area contributed by atoms with Gasteiger partial charge in [-0.05, 0) is 24.8 Å². The Kier molecular flexibility index (Phi) is 4.40. The maximum Gasteiger partial charge on any atom is 0.311 e. The van der Waals surface area contributed by atoms with Gasteiger partial charge >= 0.3 is 11.9 Å². The fraction of sp³-hybridized carbons (Fsp3) is 0.500. The zero-order valence-corrected chi connectivity index (χ0v) is 14.1. The number of carbonyl (C=O) groups is 2. The molecule has 8 heteroatoms. The molecule has 0 amide bonds. The first kappa shape index (κ1) is 16.6. The van der Waals surface area contributed by atoms with Gasteiger partial charge in [0.05, 0.1) is 17.7 Å². The van der Waals surface area contributed by atoms with Crippen LogP contribution in [0.4, 0.5) is 0 Å². The number of hydrogen-bond donors (Lipinski definition) is 2. The zero-order valence-electron chi connectivity index (χ0n) is 13.2. The first-order valence-corrected chi connectivity index (χ1v) is 8.75. The van der Waals surface area contributed by atoms with Crippen LogP contribution in [0, 0.1) is 0 Å². The Morgan fingerprint density at radius 2 is 2.12 bits per heavy atom. The van der Waals surface area contributed by atoms with Crippen LogP contribution in [-0.2, 0) is 29.0 Å². The predicted octanol–water partition coefficient (Wildman–Crippen LogP) is 2.00. The molecular weight excluding hydrogens is 332 g/mol. The van der Waals surface area contributed by atoms with Crippen molar-refractivity contribution in [3.63, 3.8) is 0 Å². The van der Waals surface area contributed by atoms with Gasteiger partial charge in [0.15, 0.2) is 0 Å². The first-order chi connectivity index (χ1) is 11.4. The SMILES string of the molecule is CCc1nc2sc3c(c2c(=O)n1CCC(=O)O)C(C(=O)O)CCC3. The average molecular weight is 350 g/mol. The Hall–Kier alpha value is -2.22. The van der Waals surface area contributed by atoms with E-state index in [0.29, 0.717) is 34.4 Å². The molecule has 7 nitrogen and oxygen atoms in total. The van der Waals surface area contributed by atoms with E-state index in [0.717, 1.165) is 17.7 Å². The molecule has 24 heavy (non-hydrogen) atoms. The summed E-state index contributed by atoms with van der Waals surface area (Å²) in [7, 11) is 0. The number of rotatable bonds is 5. The number of aryl methyl sites for hydroxylation is 2. The molecule has 0 spiro atoms. The van der Waals surface area contributed by atoms with Crippen molar-refractivity contribution in [1.29, 1.82) is 0 Å². The van der Waals surface area contributed by atoms with Crippen LogP contribution >= 0.6 is 11.3 Å². The van der Waals surface area contributed by atoms with E-state index < -0.39 is 17.9 Å². The summed E-state index contributed by atoms with van der Waals surface area (Å²) in [4.78, 5) is 41.4. The Morgan fingerprint density at radius 1 is 1.38 bits per heavy atom. The summed E-state index contributed by atoms with van der Waals surface area (Å²) in [6.45, 7) is 1.90. The summed E-state index contributed by atoms with van der Waals surface area (Å²) < 4.78 is 1.39. The van der Waals surface area contributed by atoms with Gasteiger partial charge in [0.1, 0.15) is 10.7 Å². The van der Waals surface area contributed by atoms with Gasteiger partial charge in [-0.3, -0.25) is 19.0 Å². The maximum atomic E-state index is 13.0. The highest BCUT2D eigenvalue weighted by Gasteiger charge is 2.32. The second kappa shape index (κ2) is 6.35. The van der Waals surface area contributed by atoms with Gasteiger partial charge in [0, 0.05) is 17.8 Å². The van der Waals surface area contributed by atoms with Crippen LogP contribution < -0.4 is 5.56 Å². The summed E-state index contributed by atoms with van der Waals surface area (Å²) >= 11 is 1.39. The van der Waals surface area contributed by atoms with Crippen molar-refractivity contribution in [1.82, 2.24) is 9.55 Å². The molecule has 2 heterocycles. The summed E-state index contributed by atoms with van der Waals surface area (Å²) in [5, 5.41) is 18.8. The van der Waals surface area contributed by atoms with Gasteiger partial charge in [0.2, 0.25) is 0 Å². The third-order valence-corrected chi connectivity index (χ3v) is 5.57. The number of hydrogen-bond acceptors (Lipinski definition) is 5. The fourth-order valence-corrected chi connectivity index (χ4v) is 4.60. The normalized spacial score (nSPS) is 17.0. The summed E-state index contributed by atoms with van der Waals surface area (Å²) in [5.74, 6) is -2.05. The highest BCUT2D eigenvalue weighted by atomic mass is 32.1. The molecule has 0 radical (unpaired) electrons. The Labute approximate surface area is 141 Å².